The highest BCUT2D eigenvalue weighted by Crippen LogP contribution is 2.47. The van der Waals surface area contributed by atoms with Crippen LogP contribution < -0.4 is 9.80 Å². The molecule has 4 fully saturated rings. The summed E-state index contributed by atoms with van der Waals surface area (Å²) >= 11 is 0. The zero-order valence-corrected chi connectivity index (χ0v) is 24.2. The number of carbonyl (C=O) groups excluding carboxylic acids is 1. The van der Waals surface area contributed by atoms with Crippen molar-refractivity contribution < 1.29 is 22.7 Å². The van der Waals surface area contributed by atoms with E-state index in [1.54, 1.807) is 0 Å². The van der Waals surface area contributed by atoms with Gasteiger partial charge in [0, 0.05) is 68.7 Å². The molecule has 7 rings (SSSR count). The van der Waals surface area contributed by atoms with Crippen LogP contribution in [0.5, 0.6) is 0 Å². The fraction of sp³-hybridized carbons (Fsp3) is 0.613. The Morgan fingerprint density at radius 3 is 2.71 bits per heavy atom. The lowest BCUT2D eigenvalue weighted by atomic mass is 9.83. The predicted molar refractivity (Wildman–Crippen MR) is 155 cm³/mol. The second-order valence-electron chi connectivity index (χ2n) is 12.5. The molecule has 3 unspecified atom stereocenters. The Hall–Kier alpha value is -3.05. The van der Waals surface area contributed by atoms with Crippen molar-refractivity contribution in [1.82, 2.24) is 19.7 Å². The van der Waals surface area contributed by atoms with Crippen molar-refractivity contribution in [1.29, 1.82) is 0 Å². The van der Waals surface area contributed by atoms with Gasteiger partial charge in [0.05, 0.1) is 31.4 Å². The summed E-state index contributed by atoms with van der Waals surface area (Å²) in [4.78, 5) is 27.3. The van der Waals surface area contributed by atoms with Crippen LogP contribution in [0.3, 0.4) is 0 Å². The molecule has 1 aromatic heterocycles. The number of hydrogen-bond donors (Lipinski definition) is 0. The zero-order valence-electron chi connectivity index (χ0n) is 24.2. The molecule has 1 aromatic rings. The van der Waals surface area contributed by atoms with Crippen molar-refractivity contribution >= 4 is 17.4 Å². The number of carbonyl (C=O) groups is 1. The van der Waals surface area contributed by atoms with E-state index in [0.717, 1.165) is 49.4 Å². The molecule has 0 N–H and O–H groups in total. The number of rotatable bonds is 5. The van der Waals surface area contributed by atoms with Gasteiger partial charge in [0.15, 0.2) is 0 Å². The van der Waals surface area contributed by atoms with Gasteiger partial charge in [0.2, 0.25) is 5.91 Å². The zero-order chi connectivity index (χ0) is 29.2. The van der Waals surface area contributed by atoms with E-state index < -0.39 is 18.7 Å². The van der Waals surface area contributed by atoms with E-state index in [2.05, 4.69) is 38.4 Å². The third-order valence-electron chi connectivity index (χ3n) is 10.2. The van der Waals surface area contributed by atoms with E-state index in [4.69, 9.17) is 4.74 Å². The van der Waals surface area contributed by atoms with Crippen molar-refractivity contribution in [2.24, 2.45) is 0 Å². The molecule has 0 aliphatic carbocycles. The van der Waals surface area contributed by atoms with Gasteiger partial charge in [0.1, 0.15) is 23.8 Å². The van der Waals surface area contributed by atoms with Gasteiger partial charge < -0.3 is 24.3 Å². The van der Waals surface area contributed by atoms with Crippen LogP contribution in [0.15, 0.2) is 42.1 Å². The fourth-order valence-corrected chi connectivity index (χ4v) is 8.03. The van der Waals surface area contributed by atoms with E-state index in [9.17, 15) is 18.0 Å². The first-order valence-corrected chi connectivity index (χ1v) is 15.2. The normalized spacial score (nSPS) is 28.6. The topological polar surface area (TPSA) is 55.4 Å². The van der Waals surface area contributed by atoms with Crippen LogP contribution in [0, 0.1) is 0 Å². The number of allylic oxidation sites excluding steroid dienone is 2. The summed E-state index contributed by atoms with van der Waals surface area (Å²) in [5.74, 6) is 0.531. The smallest absolute Gasteiger partial charge is 0.280 e. The molecule has 0 bridgehead atoms. The lowest BCUT2D eigenvalue weighted by Gasteiger charge is -2.59. The molecule has 11 heteroatoms. The van der Waals surface area contributed by atoms with Crippen LogP contribution in [0.4, 0.5) is 24.7 Å². The third-order valence-corrected chi connectivity index (χ3v) is 10.2. The number of fused-ring (bicyclic) bond motifs is 5. The number of nitrogens with zero attached hydrogens (tertiary/aromatic N) is 6. The Bertz CT molecular complexity index is 1320. The summed E-state index contributed by atoms with van der Waals surface area (Å²) < 4.78 is 49.1. The van der Waals surface area contributed by atoms with Crippen LogP contribution in [-0.4, -0.2) is 115 Å². The molecule has 0 radical (unpaired) electrons. The highest BCUT2D eigenvalue weighted by molar-refractivity contribution is 5.87. The Morgan fingerprint density at radius 1 is 1.21 bits per heavy atom. The number of morpholine rings is 1. The highest BCUT2D eigenvalue weighted by atomic mass is 19.3. The molecule has 6 aliphatic heterocycles. The van der Waals surface area contributed by atoms with E-state index in [-0.39, 0.29) is 23.7 Å². The maximum Gasteiger partial charge on any atom is 0.280 e. The maximum absolute atomic E-state index is 14.5. The summed E-state index contributed by atoms with van der Waals surface area (Å²) in [5.41, 5.74) is 2.94. The molecule has 42 heavy (non-hydrogen) atoms. The largest absolute Gasteiger partial charge is 0.365 e. The number of anilines is 2. The fourth-order valence-electron chi connectivity index (χ4n) is 8.03. The van der Waals surface area contributed by atoms with Crippen LogP contribution in [0.1, 0.15) is 37.4 Å². The molecular weight excluding hydrogens is 545 g/mol. The molecule has 1 amide bonds. The van der Waals surface area contributed by atoms with Gasteiger partial charge in [-0.05, 0) is 37.8 Å². The summed E-state index contributed by atoms with van der Waals surface area (Å²) in [6.07, 6.45) is 5.21. The first-order valence-electron chi connectivity index (χ1n) is 15.2. The summed E-state index contributed by atoms with van der Waals surface area (Å²) in [6, 6.07) is 2.30. The minimum atomic E-state index is -2.65. The molecule has 0 saturated carbocycles. The monoisotopic (exact) mass is 584 g/mol. The standard InChI is InChI=1S/C31H39F3N6O2/c1-3-27(41)37-12-10-36(11-13-37)25-16-40-23(25)8-4-7-22-24(40)14-26(35-28(22)30(33)34)38-18-31(19-38)29-20(2)6-5-9-39(29)21(15-32)17-42-31/h3,5-6,14,21,23,25,30H,1,4,7-13,15-19H2,2H3. The second kappa shape index (κ2) is 10.6. The highest BCUT2D eigenvalue weighted by Gasteiger charge is 2.55. The molecule has 226 valence electrons. The van der Waals surface area contributed by atoms with E-state index >= 15 is 0 Å². The second-order valence-corrected chi connectivity index (χ2v) is 12.5. The van der Waals surface area contributed by atoms with E-state index in [1.165, 1.54) is 6.08 Å². The van der Waals surface area contributed by atoms with Crippen molar-refractivity contribution in [3.8, 4) is 0 Å². The van der Waals surface area contributed by atoms with Crippen molar-refractivity contribution in [2.45, 2.75) is 56.3 Å². The van der Waals surface area contributed by atoms with Crippen LogP contribution in [0.25, 0.3) is 0 Å². The number of pyridine rings is 1. The van der Waals surface area contributed by atoms with Gasteiger partial charge in [-0.25, -0.2) is 18.2 Å². The minimum absolute atomic E-state index is 0.0272. The Balaban J connectivity index is 1.12. The Morgan fingerprint density at radius 2 is 2.00 bits per heavy atom. The molecular formula is C31H39F3N6O2. The number of amides is 1. The average molecular weight is 585 g/mol. The Kier molecular flexibility index (Phi) is 7.00. The molecule has 8 nitrogen and oxygen atoms in total. The van der Waals surface area contributed by atoms with E-state index in [0.29, 0.717) is 63.2 Å². The van der Waals surface area contributed by atoms with E-state index in [1.807, 2.05) is 22.8 Å². The van der Waals surface area contributed by atoms with Gasteiger partial charge >= 0.3 is 0 Å². The summed E-state index contributed by atoms with van der Waals surface area (Å²) in [7, 11) is 0. The SMILES string of the molecule is C=CC(=O)N1CCN(C2CN3c4cc(N5CC6(C5)OCC(CF)N5CC=CC(C)=C56)nc(C(F)F)c4CCCC23)CC1. The molecule has 7 heterocycles. The molecule has 3 atom stereocenters. The minimum Gasteiger partial charge on any atom is -0.365 e. The van der Waals surface area contributed by atoms with Crippen molar-refractivity contribution in [2.75, 3.05) is 75.4 Å². The number of piperazine rings is 1. The predicted octanol–water partition coefficient (Wildman–Crippen LogP) is 3.32. The van der Waals surface area contributed by atoms with Gasteiger partial charge in [0.25, 0.3) is 6.43 Å². The molecule has 6 aliphatic rings. The molecule has 1 spiro atoms. The molecule has 0 aromatic carbocycles. The summed E-state index contributed by atoms with van der Waals surface area (Å²) in [6.45, 7) is 10.9. The lowest BCUT2D eigenvalue weighted by Crippen LogP contribution is -2.71. The summed E-state index contributed by atoms with van der Waals surface area (Å²) in [5, 5.41) is 0. The quantitative estimate of drug-likeness (QED) is 0.493. The van der Waals surface area contributed by atoms with Gasteiger partial charge in [-0.3, -0.25) is 9.69 Å². The van der Waals surface area contributed by atoms with Crippen molar-refractivity contribution in [3.63, 3.8) is 0 Å². The number of hydrogen-bond acceptors (Lipinski definition) is 7. The van der Waals surface area contributed by atoms with Gasteiger partial charge in [-0.2, -0.15) is 0 Å². The maximum atomic E-state index is 14.5. The van der Waals surface area contributed by atoms with Crippen LogP contribution in [-0.2, 0) is 16.0 Å². The molecule has 4 saturated heterocycles. The number of ether oxygens (including phenoxy) is 1. The number of alkyl halides is 3. The lowest BCUT2D eigenvalue weighted by molar-refractivity contribution is -0.128. The van der Waals surface area contributed by atoms with Gasteiger partial charge in [-0.15, -0.1) is 0 Å². The number of halogens is 3. The van der Waals surface area contributed by atoms with Crippen molar-refractivity contribution in [3.05, 3.63) is 53.4 Å². The average Bonchev–Trinajstić information content (AvgIpc) is 3.10. The first-order chi connectivity index (χ1) is 20.3. The first kappa shape index (κ1) is 27.8. The Labute approximate surface area is 245 Å². The van der Waals surface area contributed by atoms with Crippen LogP contribution in [0.2, 0.25) is 0 Å². The third kappa shape index (κ3) is 4.34. The van der Waals surface area contributed by atoms with Gasteiger partial charge in [-0.1, -0.05) is 18.7 Å². The number of aromatic nitrogens is 1. The van der Waals surface area contributed by atoms with Crippen LogP contribution >= 0.6 is 0 Å².